The zero-order valence-electron chi connectivity index (χ0n) is 15.8. The summed E-state index contributed by atoms with van der Waals surface area (Å²) in [5.41, 5.74) is 6.04. The fraction of sp³-hybridized carbons (Fsp3) is 0. The molecular weight excluding hydrogens is 320 g/mol. The molecule has 5 rings (SSSR count). The third kappa shape index (κ3) is 1.99. The number of rotatable bonds is 0. The standard InChI is InChI=1S/C24H16O2/c25-21-13-5-11-19-17-9-3-1-7-15(17)16-8-2-4-10-18(16)20-12-6-14-22(26)24(20)23(19)21/h1-14,25-26H/i13D,14D. The lowest BCUT2D eigenvalue weighted by atomic mass is 9.80. The van der Waals surface area contributed by atoms with Gasteiger partial charge in [-0.2, -0.15) is 0 Å². The molecule has 0 aromatic heterocycles. The van der Waals surface area contributed by atoms with E-state index in [0.717, 1.165) is 33.4 Å². The van der Waals surface area contributed by atoms with Gasteiger partial charge in [0.05, 0.1) is 2.74 Å². The Kier molecular flexibility index (Phi) is 2.70. The van der Waals surface area contributed by atoms with Gasteiger partial charge in [0, 0.05) is 11.1 Å². The van der Waals surface area contributed by atoms with Gasteiger partial charge in [-0.1, -0.05) is 72.8 Å². The molecule has 1 aliphatic rings. The summed E-state index contributed by atoms with van der Waals surface area (Å²) in [6.45, 7) is 0. The summed E-state index contributed by atoms with van der Waals surface area (Å²) in [7, 11) is 0. The maximum atomic E-state index is 10.8. The molecule has 1 aliphatic carbocycles. The van der Waals surface area contributed by atoms with E-state index >= 15 is 0 Å². The van der Waals surface area contributed by atoms with E-state index in [2.05, 4.69) is 0 Å². The normalized spacial score (nSPS) is 12.5. The van der Waals surface area contributed by atoms with Crippen molar-refractivity contribution in [3.8, 4) is 56.0 Å². The van der Waals surface area contributed by atoms with E-state index in [9.17, 15) is 10.2 Å². The van der Waals surface area contributed by atoms with Gasteiger partial charge in [0.1, 0.15) is 11.5 Å². The number of fused-ring (bicyclic) bond motifs is 8. The van der Waals surface area contributed by atoms with Crippen LogP contribution in [0.5, 0.6) is 11.5 Å². The molecule has 0 radical (unpaired) electrons. The van der Waals surface area contributed by atoms with Crippen LogP contribution < -0.4 is 0 Å². The molecule has 2 nitrogen and oxygen atoms in total. The van der Waals surface area contributed by atoms with E-state index in [0.29, 0.717) is 11.1 Å². The van der Waals surface area contributed by atoms with E-state index in [1.54, 1.807) is 24.3 Å². The number of hydrogen-bond acceptors (Lipinski definition) is 2. The quantitative estimate of drug-likeness (QED) is 0.359. The Morgan fingerprint density at radius 2 is 0.769 bits per heavy atom. The van der Waals surface area contributed by atoms with Gasteiger partial charge in [0.15, 0.2) is 0 Å². The summed E-state index contributed by atoms with van der Waals surface area (Å²) in [5.74, 6) is -0.400. The fourth-order valence-corrected chi connectivity index (χ4v) is 3.83. The van der Waals surface area contributed by atoms with Crippen molar-refractivity contribution in [2.45, 2.75) is 0 Å². The Balaban J connectivity index is 2.07. The molecule has 2 heteroatoms. The first-order valence-corrected chi connectivity index (χ1v) is 8.42. The average Bonchev–Trinajstić information content (AvgIpc) is 2.71. The molecule has 0 amide bonds. The first-order chi connectivity index (χ1) is 13.6. The topological polar surface area (TPSA) is 40.5 Å². The summed E-state index contributed by atoms with van der Waals surface area (Å²) in [6, 6.07) is 22.5. The molecule has 0 saturated carbocycles. The van der Waals surface area contributed by atoms with E-state index in [4.69, 9.17) is 2.74 Å². The Morgan fingerprint density at radius 1 is 0.462 bits per heavy atom. The van der Waals surface area contributed by atoms with Crippen molar-refractivity contribution in [3.63, 3.8) is 0 Å². The van der Waals surface area contributed by atoms with Gasteiger partial charge < -0.3 is 10.2 Å². The molecule has 0 saturated heterocycles. The van der Waals surface area contributed by atoms with Gasteiger partial charge in [-0.3, -0.25) is 0 Å². The number of phenolic OH excluding ortho intramolecular Hbond substituents is 2. The number of benzene rings is 4. The van der Waals surface area contributed by atoms with Crippen molar-refractivity contribution in [3.05, 3.63) is 84.9 Å². The summed E-state index contributed by atoms with van der Waals surface area (Å²) in [5, 5.41) is 21.7. The van der Waals surface area contributed by atoms with E-state index < -0.39 is 0 Å². The number of aromatic hydroxyl groups is 2. The Bertz CT molecular complexity index is 1160. The lowest BCUT2D eigenvalue weighted by molar-refractivity contribution is 0.469. The molecule has 2 N–H and O–H groups in total. The van der Waals surface area contributed by atoms with Crippen LogP contribution in [-0.4, -0.2) is 10.2 Å². The van der Waals surface area contributed by atoms with Crippen molar-refractivity contribution >= 4 is 0 Å². The molecule has 0 aliphatic heterocycles. The van der Waals surface area contributed by atoms with Gasteiger partial charge in [-0.25, -0.2) is 0 Å². The SMILES string of the molecule is [2H]c1ccc2c(c1O)-c1c(ccc([2H])c1O)-c1ccccc1-c1ccccc1-2. The van der Waals surface area contributed by atoms with E-state index in [1.165, 1.54) is 0 Å². The Morgan fingerprint density at radius 3 is 1.15 bits per heavy atom. The van der Waals surface area contributed by atoms with Crippen LogP contribution in [0.4, 0.5) is 0 Å². The molecule has 26 heavy (non-hydrogen) atoms. The first kappa shape index (κ1) is 12.8. The second kappa shape index (κ2) is 5.50. The average molecular weight is 338 g/mol. The molecule has 4 aromatic carbocycles. The molecule has 124 valence electrons. The van der Waals surface area contributed by atoms with Crippen LogP contribution in [0, 0.1) is 0 Å². The van der Waals surface area contributed by atoms with Crippen LogP contribution in [0.25, 0.3) is 44.5 Å². The van der Waals surface area contributed by atoms with Crippen molar-refractivity contribution in [1.82, 2.24) is 0 Å². The van der Waals surface area contributed by atoms with Crippen LogP contribution in [0.2, 0.25) is 0 Å². The lowest BCUT2D eigenvalue weighted by Crippen LogP contribution is -1.97. The van der Waals surface area contributed by atoms with Gasteiger partial charge in [0.25, 0.3) is 0 Å². The summed E-state index contributed by atoms with van der Waals surface area (Å²) in [6.07, 6.45) is 0. The van der Waals surface area contributed by atoms with Crippen molar-refractivity contribution in [1.29, 1.82) is 0 Å². The monoisotopic (exact) mass is 338 g/mol. The van der Waals surface area contributed by atoms with Crippen LogP contribution in [0.15, 0.2) is 84.9 Å². The molecular formula is C24H16O2. The van der Waals surface area contributed by atoms with Crippen LogP contribution in [0.3, 0.4) is 0 Å². The van der Waals surface area contributed by atoms with Gasteiger partial charge >= 0.3 is 0 Å². The maximum Gasteiger partial charge on any atom is 0.124 e. The molecule has 0 spiro atoms. The first-order valence-electron chi connectivity index (χ1n) is 9.42. The second-order valence-electron chi connectivity index (χ2n) is 6.32. The smallest absolute Gasteiger partial charge is 0.124 e. The van der Waals surface area contributed by atoms with Crippen LogP contribution in [0.1, 0.15) is 2.74 Å². The Labute approximate surface area is 154 Å². The third-order valence-electron chi connectivity index (χ3n) is 4.93. The van der Waals surface area contributed by atoms with Crippen molar-refractivity contribution in [2.75, 3.05) is 0 Å². The largest absolute Gasteiger partial charge is 0.507 e. The summed E-state index contributed by atoms with van der Waals surface area (Å²) >= 11 is 0. The minimum Gasteiger partial charge on any atom is -0.507 e. The van der Waals surface area contributed by atoms with E-state index in [1.807, 2.05) is 48.5 Å². The molecule has 4 aromatic rings. The zero-order valence-corrected chi connectivity index (χ0v) is 13.8. The Hall–Kier alpha value is -3.52. The molecule has 0 unspecified atom stereocenters. The predicted molar refractivity (Wildman–Crippen MR) is 105 cm³/mol. The third-order valence-corrected chi connectivity index (χ3v) is 4.93. The maximum absolute atomic E-state index is 10.8. The zero-order chi connectivity index (χ0) is 19.4. The molecule has 0 bridgehead atoms. The molecule has 0 fully saturated rings. The summed E-state index contributed by atoms with van der Waals surface area (Å²) in [4.78, 5) is 0. The highest BCUT2D eigenvalue weighted by molar-refractivity contribution is 6.05. The molecule has 0 atom stereocenters. The van der Waals surface area contributed by atoms with Gasteiger partial charge in [0.2, 0.25) is 0 Å². The predicted octanol–water partition coefficient (Wildman–Crippen LogP) is 6.08. The second-order valence-corrected chi connectivity index (χ2v) is 6.32. The lowest BCUT2D eigenvalue weighted by Gasteiger charge is -2.24. The minimum atomic E-state index is -0.200. The van der Waals surface area contributed by atoms with Gasteiger partial charge in [-0.05, 0) is 45.5 Å². The highest BCUT2D eigenvalue weighted by atomic mass is 16.3. The molecule has 0 heterocycles. The number of phenols is 2. The van der Waals surface area contributed by atoms with Crippen LogP contribution in [-0.2, 0) is 0 Å². The minimum absolute atomic E-state index is 0.0224. The number of hydrogen-bond donors (Lipinski definition) is 2. The van der Waals surface area contributed by atoms with Crippen molar-refractivity contribution < 1.29 is 13.0 Å². The van der Waals surface area contributed by atoms with Crippen LogP contribution >= 0.6 is 0 Å². The van der Waals surface area contributed by atoms with Crippen molar-refractivity contribution in [2.24, 2.45) is 0 Å². The highest BCUT2D eigenvalue weighted by Crippen LogP contribution is 2.52. The fourth-order valence-electron chi connectivity index (χ4n) is 3.83. The van der Waals surface area contributed by atoms with Gasteiger partial charge in [-0.15, -0.1) is 0 Å². The highest BCUT2D eigenvalue weighted by Gasteiger charge is 2.25. The summed E-state index contributed by atoms with van der Waals surface area (Å²) < 4.78 is 16.2. The van der Waals surface area contributed by atoms with E-state index in [-0.39, 0.29) is 23.6 Å².